The van der Waals surface area contributed by atoms with Crippen LogP contribution >= 0.6 is 35.3 Å². The van der Waals surface area contributed by atoms with Gasteiger partial charge >= 0.3 is 0 Å². The van der Waals surface area contributed by atoms with E-state index in [1.807, 2.05) is 18.2 Å². The number of hydrogen-bond acceptors (Lipinski definition) is 4. The maximum Gasteiger partial charge on any atom is 0.191 e. The van der Waals surface area contributed by atoms with Crippen LogP contribution in [-0.4, -0.2) is 31.1 Å². The van der Waals surface area contributed by atoms with Gasteiger partial charge in [-0.25, -0.2) is 9.98 Å². The summed E-state index contributed by atoms with van der Waals surface area (Å²) in [4.78, 5) is 10.5. The van der Waals surface area contributed by atoms with Gasteiger partial charge in [0.1, 0.15) is 5.75 Å². The molecule has 138 valence electrons. The summed E-state index contributed by atoms with van der Waals surface area (Å²) in [6, 6.07) is 7.98. The van der Waals surface area contributed by atoms with Crippen molar-refractivity contribution in [2.45, 2.75) is 33.7 Å². The van der Waals surface area contributed by atoms with Crippen molar-refractivity contribution in [1.29, 1.82) is 0 Å². The Morgan fingerprint density at radius 1 is 1.28 bits per heavy atom. The maximum absolute atomic E-state index is 5.25. The van der Waals surface area contributed by atoms with E-state index in [9.17, 15) is 0 Å². The number of methoxy groups -OCH3 is 1. The van der Waals surface area contributed by atoms with Crippen molar-refractivity contribution in [3.8, 4) is 5.75 Å². The molecule has 0 fully saturated rings. The van der Waals surface area contributed by atoms with Crippen LogP contribution in [-0.2, 0) is 13.0 Å². The van der Waals surface area contributed by atoms with Crippen LogP contribution in [0.5, 0.6) is 5.75 Å². The van der Waals surface area contributed by atoms with Crippen LogP contribution in [0.25, 0.3) is 0 Å². The minimum Gasteiger partial charge on any atom is -0.497 e. The first-order chi connectivity index (χ1) is 11.6. The van der Waals surface area contributed by atoms with Crippen molar-refractivity contribution in [1.82, 2.24) is 15.6 Å². The first-order valence-electron chi connectivity index (χ1n) is 8.20. The summed E-state index contributed by atoms with van der Waals surface area (Å²) >= 11 is 1.77. The van der Waals surface area contributed by atoms with E-state index in [1.54, 1.807) is 18.4 Å². The molecule has 2 N–H and O–H groups in total. The molecular weight excluding hydrogens is 447 g/mol. The second kappa shape index (κ2) is 11.3. The highest BCUT2D eigenvalue weighted by Crippen LogP contribution is 2.16. The highest BCUT2D eigenvalue weighted by molar-refractivity contribution is 14.0. The van der Waals surface area contributed by atoms with Gasteiger partial charge in [0.2, 0.25) is 0 Å². The van der Waals surface area contributed by atoms with Crippen LogP contribution in [0.1, 0.15) is 28.1 Å². The number of hydrogen-bond donors (Lipinski definition) is 2. The molecule has 0 aliphatic carbocycles. The first-order valence-corrected chi connectivity index (χ1v) is 9.02. The van der Waals surface area contributed by atoms with E-state index < -0.39 is 0 Å². The third-order valence-corrected chi connectivity index (χ3v) is 4.73. The Morgan fingerprint density at radius 3 is 2.72 bits per heavy atom. The number of guanidine groups is 1. The number of aryl methyl sites for hydroxylation is 2. The predicted octanol–water partition coefficient (Wildman–Crippen LogP) is 3.68. The molecule has 0 amide bonds. The third kappa shape index (κ3) is 7.19. The van der Waals surface area contributed by atoms with Gasteiger partial charge in [0.25, 0.3) is 0 Å². The zero-order chi connectivity index (χ0) is 17.4. The van der Waals surface area contributed by atoms with Gasteiger partial charge in [-0.1, -0.05) is 12.1 Å². The quantitative estimate of drug-likeness (QED) is 0.365. The Bertz CT molecular complexity index is 668. The Hall–Kier alpha value is -1.35. The Labute approximate surface area is 171 Å². The second-order valence-corrected chi connectivity index (χ2v) is 6.76. The predicted molar refractivity (Wildman–Crippen MR) is 117 cm³/mol. The first kappa shape index (κ1) is 21.7. The number of thiazole rings is 1. The third-order valence-electron chi connectivity index (χ3n) is 3.60. The summed E-state index contributed by atoms with van der Waals surface area (Å²) in [7, 11) is 1.68. The van der Waals surface area contributed by atoms with Crippen molar-refractivity contribution in [3.63, 3.8) is 0 Å². The highest BCUT2D eigenvalue weighted by Gasteiger charge is 2.04. The Morgan fingerprint density at radius 2 is 2.08 bits per heavy atom. The Kier molecular flexibility index (Phi) is 9.81. The molecule has 0 radical (unpaired) electrons. The summed E-state index contributed by atoms with van der Waals surface area (Å²) in [6.07, 6.45) is 0.906. The molecule has 0 unspecified atom stereocenters. The van der Waals surface area contributed by atoms with E-state index >= 15 is 0 Å². The normalized spacial score (nSPS) is 11.0. The lowest BCUT2D eigenvalue weighted by Gasteiger charge is -2.11. The molecule has 0 saturated carbocycles. The summed E-state index contributed by atoms with van der Waals surface area (Å²) < 4.78 is 5.25. The average Bonchev–Trinajstić information content (AvgIpc) is 2.91. The van der Waals surface area contributed by atoms with Gasteiger partial charge in [0, 0.05) is 24.4 Å². The fourth-order valence-electron chi connectivity index (χ4n) is 2.22. The number of halogens is 1. The van der Waals surface area contributed by atoms with Gasteiger partial charge in [0.15, 0.2) is 5.96 Å². The molecule has 0 saturated heterocycles. The topological polar surface area (TPSA) is 58.5 Å². The molecule has 5 nitrogen and oxygen atoms in total. The van der Waals surface area contributed by atoms with Crippen LogP contribution in [0.3, 0.4) is 0 Å². The fraction of sp³-hybridized carbons (Fsp3) is 0.444. The highest BCUT2D eigenvalue weighted by atomic mass is 127. The van der Waals surface area contributed by atoms with Gasteiger partial charge < -0.3 is 15.4 Å². The summed E-state index contributed by atoms with van der Waals surface area (Å²) in [5.41, 5.74) is 2.26. The smallest absolute Gasteiger partial charge is 0.191 e. The van der Waals surface area contributed by atoms with Gasteiger partial charge in [-0.15, -0.1) is 35.3 Å². The lowest BCUT2D eigenvalue weighted by molar-refractivity contribution is 0.414. The molecule has 0 atom stereocenters. The second-order valence-electron chi connectivity index (χ2n) is 5.47. The maximum atomic E-state index is 5.25. The largest absolute Gasteiger partial charge is 0.497 e. The number of ether oxygens (including phenoxy) is 1. The van der Waals surface area contributed by atoms with Crippen LogP contribution in [0.15, 0.2) is 29.3 Å². The fourth-order valence-corrected chi connectivity index (χ4v) is 3.15. The summed E-state index contributed by atoms with van der Waals surface area (Å²) in [6.45, 7) is 8.50. The monoisotopic (exact) mass is 474 g/mol. The molecule has 0 bridgehead atoms. The molecular formula is C18H27IN4OS. The zero-order valence-corrected chi connectivity index (χ0v) is 18.4. The van der Waals surface area contributed by atoms with Gasteiger partial charge in [0.05, 0.1) is 24.4 Å². The lowest BCUT2D eigenvalue weighted by Crippen LogP contribution is -2.38. The molecule has 1 aromatic carbocycles. The van der Waals surface area contributed by atoms with Gasteiger partial charge in [-0.2, -0.15) is 0 Å². The van der Waals surface area contributed by atoms with Crippen LogP contribution in [0, 0.1) is 13.8 Å². The number of benzene rings is 1. The number of nitrogens with one attached hydrogen (secondary N) is 2. The minimum absolute atomic E-state index is 0. The van der Waals surface area contributed by atoms with E-state index in [0.717, 1.165) is 42.5 Å². The number of aliphatic imine (C=N–C) groups is 1. The van der Waals surface area contributed by atoms with Crippen molar-refractivity contribution < 1.29 is 4.74 Å². The molecule has 25 heavy (non-hydrogen) atoms. The summed E-state index contributed by atoms with van der Waals surface area (Å²) in [5, 5.41) is 7.81. The molecule has 2 rings (SSSR count). The zero-order valence-electron chi connectivity index (χ0n) is 15.3. The molecule has 1 aromatic heterocycles. The van der Waals surface area contributed by atoms with E-state index in [0.29, 0.717) is 6.54 Å². The van der Waals surface area contributed by atoms with Crippen molar-refractivity contribution in [2.75, 3.05) is 20.2 Å². The number of nitrogens with zero attached hydrogens (tertiary/aromatic N) is 2. The van der Waals surface area contributed by atoms with E-state index in [1.165, 1.54) is 9.88 Å². The number of rotatable bonds is 7. The molecule has 0 spiro atoms. The van der Waals surface area contributed by atoms with E-state index in [-0.39, 0.29) is 24.0 Å². The van der Waals surface area contributed by atoms with Crippen LogP contribution in [0.4, 0.5) is 0 Å². The standard InChI is InChI=1S/C18H26N4OS.HI/c1-5-19-18(20-10-9-17-22-13(2)14(3)24-17)21-12-15-7-6-8-16(11-15)23-4;/h6-8,11H,5,9-10,12H2,1-4H3,(H2,19,20,21);1H. The van der Waals surface area contributed by atoms with Gasteiger partial charge in [-0.3, -0.25) is 0 Å². The average molecular weight is 474 g/mol. The van der Waals surface area contributed by atoms with E-state index in [4.69, 9.17) is 4.74 Å². The SMILES string of the molecule is CCNC(=NCc1cccc(OC)c1)NCCc1nc(C)c(C)s1.I. The molecule has 7 heteroatoms. The lowest BCUT2D eigenvalue weighted by atomic mass is 10.2. The van der Waals surface area contributed by atoms with Crippen molar-refractivity contribution >= 4 is 41.3 Å². The van der Waals surface area contributed by atoms with Crippen LogP contribution in [0.2, 0.25) is 0 Å². The van der Waals surface area contributed by atoms with Gasteiger partial charge in [-0.05, 0) is 38.5 Å². The van der Waals surface area contributed by atoms with Crippen LogP contribution < -0.4 is 15.4 Å². The number of aromatic nitrogens is 1. The van der Waals surface area contributed by atoms with Crippen molar-refractivity contribution in [2.24, 2.45) is 4.99 Å². The summed E-state index contributed by atoms with van der Waals surface area (Å²) in [5.74, 6) is 1.68. The van der Waals surface area contributed by atoms with E-state index in [2.05, 4.69) is 47.4 Å². The van der Waals surface area contributed by atoms with Crippen molar-refractivity contribution in [3.05, 3.63) is 45.4 Å². The molecule has 0 aliphatic rings. The molecule has 2 aromatic rings. The minimum atomic E-state index is 0. The molecule has 0 aliphatic heterocycles. The molecule has 1 heterocycles. The Balaban J connectivity index is 0.00000312.